The van der Waals surface area contributed by atoms with Crippen molar-refractivity contribution in [3.05, 3.63) is 53.7 Å². The molecular weight excluding hydrogens is 382 g/mol. The molecule has 2 amide bonds. The maximum Gasteiger partial charge on any atom is 0.267 e. The van der Waals surface area contributed by atoms with Crippen LogP contribution >= 0.6 is 0 Å². The van der Waals surface area contributed by atoms with E-state index in [2.05, 4.69) is 15.6 Å². The van der Waals surface area contributed by atoms with Crippen molar-refractivity contribution >= 4 is 28.4 Å². The molecule has 1 fully saturated rings. The summed E-state index contributed by atoms with van der Waals surface area (Å²) in [7, 11) is 0. The summed E-state index contributed by atoms with van der Waals surface area (Å²) in [6.07, 6.45) is 1.59. The van der Waals surface area contributed by atoms with Gasteiger partial charge >= 0.3 is 0 Å². The summed E-state index contributed by atoms with van der Waals surface area (Å²) in [6, 6.07) is 13.2. The Morgan fingerprint density at radius 3 is 2.63 bits per heavy atom. The van der Waals surface area contributed by atoms with Crippen LogP contribution < -0.4 is 20.1 Å². The third-order valence-corrected chi connectivity index (χ3v) is 5.65. The highest BCUT2D eigenvalue weighted by atomic mass is 16.7. The smallest absolute Gasteiger partial charge is 0.267 e. The molecule has 1 aliphatic heterocycles. The van der Waals surface area contributed by atoms with Crippen LogP contribution in [0.2, 0.25) is 0 Å². The van der Waals surface area contributed by atoms with Gasteiger partial charge in [-0.25, -0.2) is 0 Å². The summed E-state index contributed by atoms with van der Waals surface area (Å²) in [4.78, 5) is 28.5. The number of anilines is 1. The number of ether oxygens (including phenoxy) is 2. The number of amides is 2. The number of fused-ring (bicyclic) bond motifs is 2. The Labute approximate surface area is 176 Å². The van der Waals surface area contributed by atoms with E-state index >= 15 is 0 Å². The molecule has 3 aromatic rings. The highest BCUT2D eigenvalue weighted by Crippen LogP contribution is 2.51. The Balaban J connectivity index is 0.00000144. The number of H-pyrrole nitrogens is 1. The summed E-state index contributed by atoms with van der Waals surface area (Å²) in [5, 5.41) is 6.79. The van der Waals surface area contributed by atoms with E-state index in [4.69, 9.17) is 9.47 Å². The van der Waals surface area contributed by atoms with E-state index in [1.54, 1.807) is 6.07 Å². The normalized spacial score (nSPS) is 16.0. The predicted octanol–water partition coefficient (Wildman–Crippen LogP) is 4.20. The zero-order valence-electron chi connectivity index (χ0n) is 16.9. The second-order valence-corrected chi connectivity index (χ2v) is 8.22. The van der Waals surface area contributed by atoms with Crippen LogP contribution in [0.4, 0.5) is 5.69 Å². The minimum absolute atomic E-state index is 0. The van der Waals surface area contributed by atoms with Crippen molar-refractivity contribution < 1.29 is 21.9 Å². The van der Waals surface area contributed by atoms with Gasteiger partial charge in [0.15, 0.2) is 11.5 Å². The lowest BCUT2D eigenvalue weighted by Crippen LogP contribution is -2.30. The van der Waals surface area contributed by atoms with Crippen LogP contribution in [0.3, 0.4) is 0 Å². The molecule has 3 N–H and O–H groups in total. The van der Waals surface area contributed by atoms with Gasteiger partial charge in [-0.05, 0) is 68.7 Å². The molecule has 0 bridgehead atoms. The second kappa shape index (κ2) is 6.79. The van der Waals surface area contributed by atoms with Crippen molar-refractivity contribution in [2.24, 2.45) is 0 Å². The SMILES string of the molecule is CC(C)NC(=O)c1cc2cc(NC(=O)C3(c4ccc5c(c4)OCO5)CC3)ccc2[nH]1.[HH].[HH]. The molecule has 30 heavy (non-hydrogen) atoms. The number of nitrogens with one attached hydrogen (secondary N) is 3. The number of carbonyl (C=O) groups excluding carboxylic acids is 2. The molecule has 2 heterocycles. The summed E-state index contributed by atoms with van der Waals surface area (Å²) in [6.45, 7) is 4.05. The average Bonchev–Trinajstić information content (AvgIpc) is 3.20. The highest BCUT2D eigenvalue weighted by Gasteiger charge is 2.51. The van der Waals surface area contributed by atoms with Crippen molar-refractivity contribution in [3.8, 4) is 11.5 Å². The third-order valence-electron chi connectivity index (χ3n) is 5.65. The number of aromatic nitrogens is 1. The van der Waals surface area contributed by atoms with Gasteiger partial charge in [-0.1, -0.05) is 6.07 Å². The molecule has 2 aromatic carbocycles. The molecular formula is C23H27N3O4. The summed E-state index contributed by atoms with van der Waals surface area (Å²) >= 11 is 0. The van der Waals surface area contributed by atoms with E-state index in [0.717, 1.165) is 29.3 Å². The van der Waals surface area contributed by atoms with E-state index in [9.17, 15) is 9.59 Å². The number of hydrogen-bond acceptors (Lipinski definition) is 4. The number of hydrogen-bond donors (Lipinski definition) is 3. The molecule has 0 unspecified atom stereocenters. The van der Waals surface area contributed by atoms with E-state index < -0.39 is 5.41 Å². The van der Waals surface area contributed by atoms with Crippen LogP contribution in [-0.4, -0.2) is 29.6 Å². The molecule has 5 rings (SSSR count). The van der Waals surface area contributed by atoms with Crippen molar-refractivity contribution in [2.75, 3.05) is 12.1 Å². The summed E-state index contributed by atoms with van der Waals surface area (Å²) in [5.41, 5.74) is 2.46. The van der Waals surface area contributed by atoms with E-state index in [1.807, 2.05) is 50.2 Å². The van der Waals surface area contributed by atoms with E-state index in [-0.39, 0.29) is 27.5 Å². The number of aromatic amines is 1. The van der Waals surface area contributed by atoms with Crippen LogP contribution in [0.5, 0.6) is 11.5 Å². The van der Waals surface area contributed by atoms with Gasteiger partial charge in [-0.3, -0.25) is 9.59 Å². The average molecular weight is 409 g/mol. The minimum Gasteiger partial charge on any atom is -0.454 e. The lowest BCUT2D eigenvalue weighted by Gasteiger charge is -2.16. The maximum absolute atomic E-state index is 13.1. The van der Waals surface area contributed by atoms with Crippen molar-refractivity contribution in [1.29, 1.82) is 0 Å². The first-order valence-corrected chi connectivity index (χ1v) is 10.1. The first-order chi connectivity index (χ1) is 14.4. The molecule has 7 heteroatoms. The molecule has 1 aromatic heterocycles. The van der Waals surface area contributed by atoms with Crippen LogP contribution in [0.1, 0.15) is 45.6 Å². The standard InChI is InChI=1S/C23H23N3O4.2H2/c1-13(2)24-21(27)18-10-14-9-16(4-5-17(14)26-18)25-22(28)23(7-8-23)15-3-6-19-20(11-15)30-12-29-19;;/h3-6,9-11,13,26H,7-8,12H2,1-2H3,(H,24,27)(H,25,28);2*1H. The fourth-order valence-corrected chi connectivity index (χ4v) is 3.89. The first kappa shape index (κ1) is 18.5. The van der Waals surface area contributed by atoms with E-state index in [0.29, 0.717) is 22.9 Å². The molecule has 0 radical (unpaired) electrons. The van der Waals surface area contributed by atoms with Crippen LogP contribution in [-0.2, 0) is 10.2 Å². The molecule has 1 saturated carbocycles. The number of carbonyl (C=O) groups is 2. The molecule has 0 saturated heterocycles. The van der Waals surface area contributed by atoms with Gasteiger partial charge in [0, 0.05) is 25.5 Å². The minimum atomic E-state index is -0.531. The zero-order chi connectivity index (χ0) is 20.9. The fourth-order valence-electron chi connectivity index (χ4n) is 3.89. The van der Waals surface area contributed by atoms with Crippen molar-refractivity contribution in [3.63, 3.8) is 0 Å². The number of rotatable bonds is 5. The topological polar surface area (TPSA) is 92.5 Å². The lowest BCUT2D eigenvalue weighted by molar-refractivity contribution is -0.118. The fraction of sp³-hybridized carbons (Fsp3) is 0.304. The zero-order valence-corrected chi connectivity index (χ0v) is 16.9. The molecule has 0 spiro atoms. The van der Waals surface area contributed by atoms with Gasteiger partial charge in [-0.2, -0.15) is 0 Å². The molecule has 1 aliphatic carbocycles. The van der Waals surface area contributed by atoms with E-state index in [1.165, 1.54) is 0 Å². The van der Waals surface area contributed by atoms with Crippen LogP contribution in [0.25, 0.3) is 10.9 Å². The predicted molar refractivity (Wildman–Crippen MR) is 117 cm³/mol. The Kier molecular flexibility index (Phi) is 4.20. The quantitative estimate of drug-likeness (QED) is 0.589. The summed E-state index contributed by atoms with van der Waals surface area (Å²) < 4.78 is 10.8. The van der Waals surface area contributed by atoms with Crippen LogP contribution in [0, 0.1) is 0 Å². The second-order valence-electron chi connectivity index (χ2n) is 8.22. The largest absolute Gasteiger partial charge is 0.454 e. The monoisotopic (exact) mass is 409 g/mol. The highest BCUT2D eigenvalue weighted by molar-refractivity contribution is 6.03. The Morgan fingerprint density at radius 1 is 1.07 bits per heavy atom. The Bertz CT molecular complexity index is 1170. The van der Waals surface area contributed by atoms with Crippen LogP contribution in [0.15, 0.2) is 42.5 Å². The Morgan fingerprint density at radius 2 is 1.87 bits per heavy atom. The molecule has 158 valence electrons. The summed E-state index contributed by atoms with van der Waals surface area (Å²) in [5.74, 6) is 1.22. The van der Waals surface area contributed by atoms with Crippen molar-refractivity contribution in [1.82, 2.24) is 10.3 Å². The maximum atomic E-state index is 13.1. The molecule has 2 aliphatic rings. The van der Waals surface area contributed by atoms with Gasteiger partial charge < -0.3 is 25.1 Å². The van der Waals surface area contributed by atoms with Gasteiger partial charge in [0.2, 0.25) is 12.7 Å². The lowest BCUT2D eigenvalue weighted by atomic mass is 9.94. The van der Waals surface area contributed by atoms with Gasteiger partial charge in [-0.15, -0.1) is 0 Å². The van der Waals surface area contributed by atoms with Gasteiger partial charge in [0.25, 0.3) is 5.91 Å². The van der Waals surface area contributed by atoms with Gasteiger partial charge in [0.05, 0.1) is 5.41 Å². The first-order valence-electron chi connectivity index (χ1n) is 10.1. The molecule has 7 nitrogen and oxygen atoms in total. The van der Waals surface area contributed by atoms with Crippen molar-refractivity contribution in [2.45, 2.75) is 38.1 Å². The molecule has 0 atom stereocenters. The third kappa shape index (κ3) is 3.16. The Hall–Kier alpha value is -3.48. The number of benzene rings is 2. The van der Waals surface area contributed by atoms with Gasteiger partial charge in [0.1, 0.15) is 5.69 Å².